The van der Waals surface area contributed by atoms with Crippen LogP contribution in [0, 0.1) is 10.5 Å². The number of nitrogens with zero attached hydrogens (tertiary/aromatic N) is 1. The molecular formula is C23H23IN2O4S. The molecule has 1 amide bonds. The maximum absolute atomic E-state index is 13.6. The number of amides is 1. The predicted octanol–water partition coefficient (Wildman–Crippen LogP) is 4.44. The number of carbonyl (C=O) groups excluding carboxylic acids is 1. The summed E-state index contributed by atoms with van der Waals surface area (Å²) >= 11 is 2.18. The van der Waals surface area contributed by atoms with E-state index in [4.69, 9.17) is 4.74 Å². The highest BCUT2D eigenvalue weighted by Crippen LogP contribution is 2.28. The van der Waals surface area contributed by atoms with Gasteiger partial charge in [-0.25, -0.2) is 8.42 Å². The first-order valence-corrected chi connectivity index (χ1v) is 12.1. The summed E-state index contributed by atoms with van der Waals surface area (Å²) in [5, 5.41) is 2.77. The molecule has 162 valence electrons. The monoisotopic (exact) mass is 550 g/mol. The molecule has 8 heteroatoms. The van der Waals surface area contributed by atoms with E-state index in [9.17, 15) is 13.2 Å². The fourth-order valence-corrected chi connectivity index (χ4v) is 5.02. The van der Waals surface area contributed by atoms with Gasteiger partial charge in [-0.2, -0.15) is 4.31 Å². The predicted molar refractivity (Wildman–Crippen MR) is 130 cm³/mol. The highest BCUT2D eigenvalue weighted by molar-refractivity contribution is 14.1. The number of carbonyl (C=O) groups is 1. The number of halogens is 1. The lowest BCUT2D eigenvalue weighted by molar-refractivity contribution is -0.116. The Bertz CT molecular complexity index is 1150. The standard InChI is InChI=1S/C23H23IN2O4S/c1-17-8-13-21(30-2)22(14-17)31(28,29)26(15-18-6-4-3-5-7-18)16-23(27)25-20-11-9-19(24)10-12-20/h3-14H,15-16H2,1-2H3,(H,25,27). The molecule has 0 bridgehead atoms. The quantitative estimate of drug-likeness (QED) is 0.421. The molecular weight excluding hydrogens is 527 g/mol. The van der Waals surface area contributed by atoms with Crippen molar-refractivity contribution < 1.29 is 17.9 Å². The van der Waals surface area contributed by atoms with Gasteiger partial charge in [0.15, 0.2) is 0 Å². The fraction of sp³-hybridized carbons (Fsp3) is 0.174. The maximum atomic E-state index is 13.6. The lowest BCUT2D eigenvalue weighted by Gasteiger charge is -2.23. The van der Waals surface area contributed by atoms with Crippen LogP contribution in [0.4, 0.5) is 5.69 Å². The zero-order chi connectivity index (χ0) is 22.4. The Morgan fingerprint density at radius 3 is 2.35 bits per heavy atom. The number of rotatable bonds is 8. The number of ether oxygens (including phenoxy) is 1. The molecule has 3 rings (SSSR count). The van der Waals surface area contributed by atoms with Gasteiger partial charge in [0.05, 0.1) is 13.7 Å². The molecule has 3 aromatic rings. The molecule has 0 fully saturated rings. The van der Waals surface area contributed by atoms with E-state index in [1.165, 1.54) is 11.4 Å². The minimum absolute atomic E-state index is 0.0352. The Hall–Kier alpha value is -2.43. The highest BCUT2D eigenvalue weighted by atomic mass is 127. The molecule has 0 atom stereocenters. The average molecular weight is 550 g/mol. The number of methoxy groups -OCH3 is 1. The zero-order valence-corrected chi connectivity index (χ0v) is 20.2. The smallest absolute Gasteiger partial charge is 0.247 e. The molecule has 6 nitrogen and oxygen atoms in total. The molecule has 0 aliphatic heterocycles. The Morgan fingerprint density at radius 1 is 1.03 bits per heavy atom. The van der Waals surface area contributed by atoms with E-state index >= 15 is 0 Å². The summed E-state index contributed by atoms with van der Waals surface area (Å²) in [6, 6.07) is 21.4. The first-order valence-electron chi connectivity index (χ1n) is 9.54. The lowest BCUT2D eigenvalue weighted by atomic mass is 10.2. The van der Waals surface area contributed by atoms with Crippen LogP contribution in [-0.2, 0) is 21.4 Å². The fourth-order valence-electron chi connectivity index (χ4n) is 3.03. The normalized spacial score (nSPS) is 11.4. The van der Waals surface area contributed by atoms with Crippen LogP contribution >= 0.6 is 22.6 Å². The summed E-state index contributed by atoms with van der Waals surface area (Å²) in [5.41, 5.74) is 2.16. The number of hydrogen-bond donors (Lipinski definition) is 1. The van der Waals surface area contributed by atoms with Crippen molar-refractivity contribution >= 4 is 44.2 Å². The summed E-state index contributed by atoms with van der Waals surface area (Å²) in [6.07, 6.45) is 0. The molecule has 31 heavy (non-hydrogen) atoms. The number of sulfonamides is 1. The van der Waals surface area contributed by atoms with E-state index < -0.39 is 15.9 Å². The van der Waals surface area contributed by atoms with E-state index in [1.807, 2.05) is 49.4 Å². The third-order valence-corrected chi connectivity index (χ3v) is 7.12. The second kappa shape index (κ2) is 10.3. The third-order valence-electron chi connectivity index (χ3n) is 4.59. The minimum atomic E-state index is -4.01. The Labute approximate surface area is 196 Å². The molecule has 0 aromatic heterocycles. The summed E-state index contributed by atoms with van der Waals surface area (Å²) in [4.78, 5) is 12.8. The van der Waals surface area contributed by atoms with Gasteiger partial charge in [-0.3, -0.25) is 4.79 Å². The van der Waals surface area contributed by atoms with Crippen LogP contribution in [0.2, 0.25) is 0 Å². The number of hydrogen-bond acceptors (Lipinski definition) is 4. The van der Waals surface area contributed by atoms with Gasteiger partial charge in [0.2, 0.25) is 15.9 Å². The van der Waals surface area contributed by atoms with Gasteiger partial charge < -0.3 is 10.1 Å². The molecule has 0 radical (unpaired) electrons. The SMILES string of the molecule is COc1ccc(C)cc1S(=O)(=O)N(CC(=O)Nc1ccc(I)cc1)Cc1ccccc1. The van der Waals surface area contributed by atoms with Gasteiger partial charge in [-0.15, -0.1) is 0 Å². The largest absolute Gasteiger partial charge is 0.495 e. The van der Waals surface area contributed by atoms with Crippen molar-refractivity contribution in [1.82, 2.24) is 4.31 Å². The van der Waals surface area contributed by atoms with Crippen molar-refractivity contribution in [2.75, 3.05) is 19.0 Å². The van der Waals surface area contributed by atoms with Crippen LogP contribution in [0.5, 0.6) is 5.75 Å². The highest BCUT2D eigenvalue weighted by Gasteiger charge is 2.30. The minimum Gasteiger partial charge on any atom is -0.495 e. The number of nitrogens with one attached hydrogen (secondary N) is 1. The molecule has 0 aliphatic carbocycles. The first-order chi connectivity index (χ1) is 14.8. The average Bonchev–Trinajstić information content (AvgIpc) is 2.75. The molecule has 0 aliphatic rings. The van der Waals surface area contributed by atoms with Gasteiger partial charge in [0, 0.05) is 15.8 Å². The first kappa shape index (κ1) is 23.2. The maximum Gasteiger partial charge on any atom is 0.247 e. The summed E-state index contributed by atoms with van der Waals surface area (Å²) in [5.74, 6) is -0.186. The number of aryl methyl sites for hydroxylation is 1. The van der Waals surface area contributed by atoms with E-state index in [1.54, 1.807) is 30.3 Å². The van der Waals surface area contributed by atoms with Crippen molar-refractivity contribution in [3.05, 3.63) is 87.5 Å². The second-order valence-corrected chi connectivity index (χ2v) is 10.1. The van der Waals surface area contributed by atoms with Gasteiger partial charge in [0.1, 0.15) is 10.6 Å². The van der Waals surface area contributed by atoms with E-state index in [0.29, 0.717) is 5.69 Å². The Balaban J connectivity index is 1.93. The van der Waals surface area contributed by atoms with Crippen molar-refractivity contribution in [2.24, 2.45) is 0 Å². The molecule has 3 aromatic carbocycles. The molecule has 0 unspecified atom stereocenters. The van der Waals surface area contributed by atoms with Crippen molar-refractivity contribution in [2.45, 2.75) is 18.4 Å². The van der Waals surface area contributed by atoms with Gasteiger partial charge in [0.25, 0.3) is 0 Å². The van der Waals surface area contributed by atoms with Crippen LogP contribution in [0.25, 0.3) is 0 Å². The van der Waals surface area contributed by atoms with E-state index in [0.717, 1.165) is 14.7 Å². The molecule has 0 saturated heterocycles. The second-order valence-electron chi connectivity index (χ2n) is 6.97. The number of benzene rings is 3. The number of anilines is 1. The van der Waals surface area contributed by atoms with Crippen LogP contribution in [0.15, 0.2) is 77.7 Å². The lowest BCUT2D eigenvalue weighted by Crippen LogP contribution is -2.37. The third kappa shape index (κ3) is 6.05. The summed E-state index contributed by atoms with van der Waals surface area (Å²) < 4.78 is 34.6. The van der Waals surface area contributed by atoms with Crippen molar-refractivity contribution in [3.8, 4) is 5.75 Å². The van der Waals surface area contributed by atoms with Crippen molar-refractivity contribution in [1.29, 1.82) is 0 Å². The van der Waals surface area contributed by atoms with Gasteiger partial charge in [-0.05, 0) is 77.0 Å². The van der Waals surface area contributed by atoms with Crippen LogP contribution < -0.4 is 10.1 Å². The van der Waals surface area contributed by atoms with Gasteiger partial charge in [-0.1, -0.05) is 36.4 Å². The van der Waals surface area contributed by atoms with Crippen molar-refractivity contribution in [3.63, 3.8) is 0 Å². The summed E-state index contributed by atoms with van der Waals surface area (Å²) in [6.45, 7) is 1.53. The van der Waals surface area contributed by atoms with E-state index in [2.05, 4.69) is 27.9 Å². The van der Waals surface area contributed by atoms with Crippen LogP contribution in [0.3, 0.4) is 0 Å². The van der Waals surface area contributed by atoms with E-state index in [-0.39, 0.29) is 23.7 Å². The molecule has 0 saturated carbocycles. The topological polar surface area (TPSA) is 75.7 Å². The Morgan fingerprint density at radius 2 is 1.71 bits per heavy atom. The van der Waals surface area contributed by atoms with Crippen LogP contribution in [0.1, 0.15) is 11.1 Å². The molecule has 0 heterocycles. The Kier molecular flexibility index (Phi) is 7.69. The molecule has 1 N–H and O–H groups in total. The molecule has 0 spiro atoms. The van der Waals surface area contributed by atoms with Crippen LogP contribution in [-0.4, -0.2) is 32.3 Å². The zero-order valence-electron chi connectivity index (χ0n) is 17.2. The summed E-state index contributed by atoms with van der Waals surface area (Å²) in [7, 11) is -2.59. The van der Waals surface area contributed by atoms with Gasteiger partial charge >= 0.3 is 0 Å².